The van der Waals surface area contributed by atoms with Gasteiger partial charge in [0.15, 0.2) is 6.29 Å². The van der Waals surface area contributed by atoms with Crippen LogP contribution in [0.5, 0.6) is 0 Å². The van der Waals surface area contributed by atoms with Crippen molar-refractivity contribution in [2.45, 2.75) is 64.8 Å². The summed E-state index contributed by atoms with van der Waals surface area (Å²) in [7, 11) is 0. The molecule has 0 saturated carbocycles. The Balaban J connectivity index is 1.99. The van der Waals surface area contributed by atoms with E-state index in [0.717, 1.165) is 6.42 Å². The lowest BCUT2D eigenvalue weighted by molar-refractivity contribution is -0.142. The van der Waals surface area contributed by atoms with Gasteiger partial charge in [0.2, 0.25) is 0 Å². The summed E-state index contributed by atoms with van der Waals surface area (Å²) in [6.07, 6.45) is 11.5. The molecular formula is C12H22O2. The Bertz CT molecular complexity index is 166. The van der Waals surface area contributed by atoms with E-state index < -0.39 is 0 Å². The van der Waals surface area contributed by atoms with Crippen molar-refractivity contribution >= 4 is 0 Å². The van der Waals surface area contributed by atoms with E-state index in [1.54, 1.807) is 6.26 Å². The highest BCUT2D eigenvalue weighted by Gasteiger charge is 2.14. The summed E-state index contributed by atoms with van der Waals surface area (Å²) in [5.74, 6) is 0. The van der Waals surface area contributed by atoms with Crippen molar-refractivity contribution in [2.75, 3.05) is 0 Å². The minimum absolute atomic E-state index is 0.00312. The van der Waals surface area contributed by atoms with E-state index in [9.17, 15) is 0 Å². The van der Waals surface area contributed by atoms with Gasteiger partial charge in [-0.1, -0.05) is 32.6 Å². The second-order valence-corrected chi connectivity index (χ2v) is 3.94. The van der Waals surface area contributed by atoms with Crippen LogP contribution in [0, 0.1) is 0 Å². The molecule has 0 N–H and O–H groups in total. The van der Waals surface area contributed by atoms with Crippen LogP contribution in [0.25, 0.3) is 0 Å². The summed E-state index contributed by atoms with van der Waals surface area (Å²) in [4.78, 5) is 0. The Morgan fingerprint density at radius 3 is 2.64 bits per heavy atom. The number of hydrogen-bond donors (Lipinski definition) is 0. The van der Waals surface area contributed by atoms with Gasteiger partial charge in [0.1, 0.15) is 0 Å². The largest absolute Gasteiger partial charge is 0.473 e. The quantitative estimate of drug-likeness (QED) is 0.607. The van der Waals surface area contributed by atoms with Crippen molar-refractivity contribution in [1.82, 2.24) is 0 Å². The van der Waals surface area contributed by atoms with Gasteiger partial charge in [-0.15, -0.1) is 0 Å². The van der Waals surface area contributed by atoms with Gasteiger partial charge < -0.3 is 9.47 Å². The first kappa shape index (κ1) is 11.6. The lowest BCUT2D eigenvalue weighted by Crippen LogP contribution is -2.23. The third-order valence-corrected chi connectivity index (χ3v) is 2.49. The number of rotatable bonds is 6. The summed E-state index contributed by atoms with van der Waals surface area (Å²) < 4.78 is 10.9. The van der Waals surface area contributed by atoms with E-state index in [0.29, 0.717) is 0 Å². The fourth-order valence-electron chi connectivity index (χ4n) is 1.61. The molecule has 2 atom stereocenters. The van der Waals surface area contributed by atoms with E-state index >= 15 is 0 Å². The van der Waals surface area contributed by atoms with Crippen LogP contribution in [0.2, 0.25) is 0 Å². The van der Waals surface area contributed by atoms with E-state index in [1.165, 1.54) is 32.1 Å². The highest BCUT2D eigenvalue weighted by atomic mass is 16.7. The molecule has 0 spiro atoms. The molecule has 1 aliphatic heterocycles. The molecule has 1 rings (SSSR count). The molecule has 2 nitrogen and oxygen atoms in total. The molecule has 0 aliphatic carbocycles. The molecule has 82 valence electrons. The van der Waals surface area contributed by atoms with E-state index in [4.69, 9.17) is 9.47 Å². The lowest BCUT2D eigenvalue weighted by Gasteiger charge is -2.24. The van der Waals surface area contributed by atoms with Crippen LogP contribution in [-0.4, -0.2) is 12.4 Å². The smallest absolute Gasteiger partial charge is 0.199 e. The Hall–Kier alpha value is -0.500. The standard InChI is InChI=1S/C12H22O2/c1-3-4-5-6-7-8-12-13-10-9-11(2)14-12/h9-12H,3-8H2,1-2H3. The van der Waals surface area contributed by atoms with Crippen molar-refractivity contribution in [1.29, 1.82) is 0 Å². The normalized spacial score (nSPS) is 26.1. The molecule has 0 aromatic rings. The SMILES string of the molecule is CCCCCCCC1OC=CC(C)O1. The zero-order chi connectivity index (χ0) is 10.2. The van der Waals surface area contributed by atoms with Crippen molar-refractivity contribution in [2.24, 2.45) is 0 Å². The number of unbranched alkanes of at least 4 members (excludes halogenated alkanes) is 4. The van der Waals surface area contributed by atoms with Gasteiger partial charge in [0.05, 0.1) is 12.4 Å². The summed E-state index contributed by atoms with van der Waals surface area (Å²) in [5, 5.41) is 0. The molecule has 2 heteroatoms. The molecule has 0 fully saturated rings. The Labute approximate surface area is 87.3 Å². The van der Waals surface area contributed by atoms with Gasteiger partial charge in [-0.2, -0.15) is 0 Å². The Kier molecular flexibility index (Phi) is 5.69. The molecule has 0 amide bonds. The summed E-state index contributed by atoms with van der Waals surface area (Å²) in [6, 6.07) is 0. The van der Waals surface area contributed by atoms with Crippen molar-refractivity contribution in [3.8, 4) is 0 Å². The molecule has 0 aromatic carbocycles. The molecule has 14 heavy (non-hydrogen) atoms. The monoisotopic (exact) mass is 198 g/mol. The molecule has 0 saturated heterocycles. The van der Waals surface area contributed by atoms with Crippen LogP contribution in [0.1, 0.15) is 52.4 Å². The van der Waals surface area contributed by atoms with Crippen LogP contribution in [0.4, 0.5) is 0 Å². The van der Waals surface area contributed by atoms with Gasteiger partial charge >= 0.3 is 0 Å². The second kappa shape index (κ2) is 6.88. The average Bonchev–Trinajstić information content (AvgIpc) is 2.18. The molecule has 0 radical (unpaired) electrons. The van der Waals surface area contributed by atoms with E-state index in [-0.39, 0.29) is 12.4 Å². The van der Waals surface area contributed by atoms with Gasteiger partial charge in [-0.05, 0) is 19.4 Å². The zero-order valence-corrected chi connectivity index (χ0v) is 9.37. The Morgan fingerprint density at radius 1 is 1.14 bits per heavy atom. The molecule has 1 aliphatic rings. The maximum Gasteiger partial charge on any atom is 0.199 e. The minimum atomic E-state index is -0.00312. The van der Waals surface area contributed by atoms with Crippen LogP contribution in [0.3, 0.4) is 0 Å². The second-order valence-electron chi connectivity index (χ2n) is 3.94. The van der Waals surface area contributed by atoms with Gasteiger partial charge in [-0.25, -0.2) is 0 Å². The molecular weight excluding hydrogens is 176 g/mol. The highest BCUT2D eigenvalue weighted by molar-refractivity contribution is 4.84. The number of hydrogen-bond acceptors (Lipinski definition) is 2. The average molecular weight is 198 g/mol. The molecule has 0 aromatic heterocycles. The first-order valence-corrected chi connectivity index (χ1v) is 5.80. The van der Waals surface area contributed by atoms with Crippen LogP contribution in [0.15, 0.2) is 12.3 Å². The van der Waals surface area contributed by atoms with E-state index in [2.05, 4.69) is 6.92 Å². The molecule has 0 bridgehead atoms. The third-order valence-electron chi connectivity index (χ3n) is 2.49. The molecule has 1 heterocycles. The van der Waals surface area contributed by atoms with Crippen LogP contribution >= 0.6 is 0 Å². The first-order chi connectivity index (χ1) is 6.83. The number of ether oxygens (including phenoxy) is 2. The van der Waals surface area contributed by atoms with Gasteiger partial charge in [0, 0.05) is 6.42 Å². The Morgan fingerprint density at radius 2 is 1.93 bits per heavy atom. The zero-order valence-electron chi connectivity index (χ0n) is 9.37. The van der Waals surface area contributed by atoms with Crippen LogP contribution < -0.4 is 0 Å². The summed E-state index contributed by atoms with van der Waals surface area (Å²) in [5.41, 5.74) is 0. The van der Waals surface area contributed by atoms with Crippen LogP contribution in [-0.2, 0) is 9.47 Å². The lowest BCUT2D eigenvalue weighted by atomic mass is 10.1. The van der Waals surface area contributed by atoms with Crippen molar-refractivity contribution in [3.63, 3.8) is 0 Å². The predicted octanol–water partition coefficient (Wildman–Crippen LogP) is 3.62. The fourth-order valence-corrected chi connectivity index (χ4v) is 1.61. The fraction of sp³-hybridized carbons (Fsp3) is 0.833. The summed E-state index contributed by atoms with van der Waals surface area (Å²) in [6.45, 7) is 4.28. The first-order valence-electron chi connectivity index (χ1n) is 5.80. The molecule has 2 unspecified atom stereocenters. The van der Waals surface area contributed by atoms with Gasteiger partial charge in [-0.3, -0.25) is 0 Å². The van der Waals surface area contributed by atoms with E-state index in [1.807, 2.05) is 13.0 Å². The van der Waals surface area contributed by atoms with Crippen molar-refractivity contribution in [3.05, 3.63) is 12.3 Å². The minimum Gasteiger partial charge on any atom is -0.473 e. The van der Waals surface area contributed by atoms with Crippen molar-refractivity contribution < 1.29 is 9.47 Å². The predicted molar refractivity (Wildman–Crippen MR) is 57.9 cm³/mol. The maximum absolute atomic E-state index is 5.58. The van der Waals surface area contributed by atoms with Gasteiger partial charge in [0.25, 0.3) is 0 Å². The highest BCUT2D eigenvalue weighted by Crippen LogP contribution is 2.15. The maximum atomic E-state index is 5.58. The topological polar surface area (TPSA) is 18.5 Å². The third kappa shape index (κ3) is 4.66. The summed E-state index contributed by atoms with van der Waals surface area (Å²) >= 11 is 0.